The van der Waals surface area contributed by atoms with Gasteiger partial charge in [-0.05, 0) is 42.5 Å². The Bertz CT molecular complexity index is 1480. The minimum absolute atomic E-state index is 0.0338. The largest absolute Gasteiger partial charge is 0.287 e. The lowest BCUT2D eigenvalue weighted by Gasteiger charge is -2.18. The lowest BCUT2D eigenvalue weighted by Crippen LogP contribution is -2.31. The second kappa shape index (κ2) is 8.45. The van der Waals surface area contributed by atoms with E-state index in [2.05, 4.69) is 25.0 Å². The van der Waals surface area contributed by atoms with E-state index in [4.69, 9.17) is 0 Å². The fraction of sp³-hybridized carbons (Fsp3) is 0. The van der Waals surface area contributed by atoms with Gasteiger partial charge in [0.25, 0.3) is 20.0 Å². The van der Waals surface area contributed by atoms with Crippen molar-refractivity contribution in [3.8, 4) is 0 Å². The number of sulfonamides is 2. The molecule has 1 aliphatic rings. The van der Waals surface area contributed by atoms with Crippen molar-refractivity contribution in [3.63, 3.8) is 0 Å². The summed E-state index contributed by atoms with van der Waals surface area (Å²) >= 11 is 3.25. The Hall–Kier alpha value is -3.08. The van der Waals surface area contributed by atoms with Gasteiger partial charge in [-0.2, -0.15) is 12.8 Å². The van der Waals surface area contributed by atoms with Gasteiger partial charge in [-0.25, -0.2) is 8.42 Å². The van der Waals surface area contributed by atoms with Gasteiger partial charge in [-0.3, -0.25) is 9.52 Å². The third kappa shape index (κ3) is 4.43. The zero-order valence-corrected chi connectivity index (χ0v) is 19.5. The maximum Gasteiger partial charge on any atom is 0.282 e. The van der Waals surface area contributed by atoms with Crippen molar-refractivity contribution in [2.45, 2.75) is 9.79 Å². The van der Waals surface area contributed by atoms with Crippen LogP contribution in [0, 0.1) is 0 Å². The van der Waals surface area contributed by atoms with Crippen molar-refractivity contribution in [2.75, 3.05) is 0 Å². The van der Waals surface area contributed by atoms with Gasteiger partial charge in [0.05, 0.1) is 21.2 Å². The molecule has 0 atom stereocenters. The van der Waals surface area contributed by atoms with Crippen molar-refractivity contribution in [1.29, 1.82) is 0 Å². The third-order valence-electron chi connectivity index (χ3n) is 4.60. The van der Waals surface area contributed by atoms with Gasteiger partial charge in [0.2, 0.25) is 5.78 Å². The molecule has 0 saturated carbocycles. The highest BCUT2D eigenvalue weighted by atomic mass is 79.9. The number of carbonyl (C=O) groups excluding carboxylic acids is 1. The lowest BCUT2D eigenvalue weighted by atomic mass is 9.93. The quantitative estimate of drug-likeness (QED) is 0.540. The van der Waals surface area contributed by atoms with Crippen LogP contribution in [-0.2, 0) is 20.0 Å². The van der Waals surface area contributed by atoms with E-state index < -0.39 is 25.8 Å². The molecule has 0 bridgehead atoms. The van der Waals surface area contributed by atoms with Crippen molar-refractivity contribution in [3.05, 3.63) is 106 Å². The fourth-order valence-electron chi connectivity index (χ4n) is 3.07. The van der Waals surface area contributed by atoms with E-state index in [-0.39, 0.29) is 26.8 Å². The molecule has 162 valence electrons. The van der Waals surface area contributed by atoms with Gasteiger partial charge < -0.3 is 0 Å². The Morgan fingerprint density at radius 2 is 1.31 bits per heavy atom. The Morgan fingerprint density at radius 3 is 1.97 bits per heavy atom. The number of ketones is 1. The molecule has 0 spiro atoms. The minimum Gasteiger partial charge on any atom is -0.287 e. The number of hydrogen-bond donors (Lipinski definition) is 1. The van der Waals surface area contributed by atoms with E-state index in [1.807, 2.05) is 0 Å². The Balaban J connectivity index is 1.82. The van der Waals surface area contributed by atoms with Gasteiger partial charge in [-0.1, -0.05) is 58.4 Å². The Morgan fingerprint density at radius 1 is 0.719 bits per heavy atom. The second-order valence-corrected chi connectivity index (χ2v) is 11.0. The molecule has 0 unspecified atom stereocenters. The number of benzene rings is 3. The first kappa shape index (κ1) is 22.1. The van der Waals surface area contributed by atoms with Crippen LogP contribution in [0.15, 0.2) is 109 Å². The summed E-state index contributed by atoms with van der Waals surface area (Å²) in [6.07, 6.45) is 1.14. The highest BCUT2D eigenvalue weighted by molar-refractivity contribution is 9.10. The zero-order chi connectivity index (χ0) is 22.9. The van der Waals surface area contributed by atoms with E-state index >= 15 is 0 Å². The number of allylic oxidation sites excluding steroid dienone is 2. The predicted octanol–water partition coefficient (Wildman–Crippen LogP) is 3.69. The van der Waals surface area contributed by atoms with Crippen LogP contribution in [0.25, 0.3) is 0 Å². The molecule has 4 rings (SSSR count). The van der Waals surface area contributed by atoms with Gasteiger partial charge in [0.1, 0.15) is 0 Å². The minimum atomic E-state index is -4.12. The molecule has 3 aromatic rings. The number of nitrogens with zero attached hydrogens (tertiary/aromatic N) is 1. The van der Waals surface area contributed by atoms with Gasteiger partial charge in [-0.15, -0.1) is 0 Å². The molecule has 1 aliphatic carbocycles. The average molecular weight is 531 g/mol. The van der Waals surface area contributed by atoms with Crippen LogP contribution in [0.4, 0.5) is 0 Å². The smallest absolute Gasteiger partial charge is 0.282 e. The zero-order valence-electron chi connectivity index (χ0n) is 16.3. The lowest BCUT2D eigenvalue weighted by molar-refractivity contribution is 0.102. The third-order valence-corrected chi connectivity index (χ3v) is 7.82. The van der Waals surface area contributed by atoms with Crippen molar-refractivity contribution >= 4 is 47.5 Å². The summed E-state index contributed by atoms with van der Waals surface area (Å²) in [6, 6.07) is 19.8. The molecule has 0 fully saturated rings. The number of fused-ring (bicyclic) bond motifs is 1. The van der Waals surface area contributed by atoms with E-state index in [1.165, 1.54) is 30.3 Å². The number of halogens is 1. The first-order chi connectivity index (χ1) is 15.2. The van der Waals surface area contributed by atoms with Crippen molar-refractivity contribution in [1.82, 2.24) is 4.72 Å². The molecule has 0 aliphatic heterocycles. The van der Waals surface area contributed by atoms with Crippen LogP contribution in [0.2, 0.25) is 0 Å². The molecule has 7 nitrogen and oxygen atoms in total. The standard InChI is InChI=1S/C22H15BrN2O5S2/c23-15-10-12-17(13-11-15)32(29,30)24-20-14-21(22(26)19-9-5-4-8-18(19)20)25-31(27,28)16-6-2-1-3-7-16/h1-14,25H. The summed E-state index contributed by atoms with van der Waals surface area (Å²) in [5, 5.41) is 0. The molecule has 0 saturated heterocycles. The Labute approximate surface area is 193 Å². The first-order valence-corrected chi connectivity index (χ1v) is 12.9. The normalized spacial score (nSPS) is 15.2. The maximum absolute atomic E-state index is 12.9. The molecular weight excluding hydrogens is 516 g/mol. The SMILES string of the molecule is O=C1C(NS(=O)(=O)c2ccccc2)=CC(=NS(=O)(=O)c2ccc(Br)cc2)c2ccccc21. The molecular formula is C22H15BrN2O5S2. The van der Waals surface area contributed by atoms with Crippen molar-refractivity contribution in [2.24, 2.45) is 4.40 Å². The number of Topliss-reactive ketones (excluding diaryl/α,β-unsaturated/α-hetero) is 1. The van der Waals surface area contributed by atoms with Crippen LogP contribution in [-0.4, -0.2) is 28.3 Å². The van der Waals surface area contributed by atoms with Gasteiger partial charge in [0, 0.05) is 15.6 Å². The van der Waals surface area contributed by atoms with Crippen LogP contribution in [0.1, 0.15) is 15.9 Å². The van der Waals surface area contributed by atoms with Gasteiger partial charge in [0.15, 0.2) is 0 Å². The molecule has 0 heterocycles. The maximum atomic E-state index is 12.9. The van der Waals surface area contributed by atoms with Crippen LogP contribution in [0.3, 0.4) is 0 Å². The summed E-state index contributed by atoms with van der Waals surface area (Å²) < 4.78 is 58.1. The average Bonchev–Trinajstić information content (AvgIpc) is 2.77. The van der Waals surface area contributed by atoms with Crippen molar-refractivity contribution < 1.29 is 21.6 Å². The molecule has 0 amide bonds. The number of nitrogens with one attached hydrogen (secondary N) is 1. The molecule has 0 radical (unpaired) electrons. The van der Waals surface area contributed by atoms with E-state index in [0.29, 0.717) is 10.0 Å². The summed E-state index contributed by atoms with van der Waals surface area (Å²) in [5.41, 5.74) is 0.0950. The molecule has 0 aromatic heterocycles. The van der Waals surface area contributed by atoms with E-state index in [1.54, 1.807) is 48.5 Å². The predicted molar refractivity (Wildman–Crippen MR) is 123 cm³/mol. The highest BCUT2D eigenvalue weighted by Gasteiger charge is 2.29. The molecule has 1 N–H and O–H groups in total. The molecule has 32 heavy (non-hydrogen) atoms. The molecule has 3 aromatic carbocycles. The number of hydrogen-bond acceptors (Lipinski definition) is 5. The Kier molecular flexibility index (Phi) is 5.85. The second-order valence-electron chi connectivity index (χ2n) is 6.76. The topological polar surface area (TPSA) is 110 Å². The summed E-state index contributed by atoms with van der Waals surface area (Å²) in [4.78, 5) is 12.9. The number of rotatable bonds is 5. The first-order valence-electron chi connectivity index (χ1n) is 9.22. The summed E-state index contributed by atoms with van der Waals surface area (Å²) in [6.45, 7) is 0. The monoisotopic (exact) mass is 530 g/mol. The van der Waals surface area contributed by atoms with Crippen LogP contribution < -0.4 is 4.72 Å². The fourth-order valence-corrected chi connectivity index (χ4v) is 5.41. The number of carbonyl (C=O) groups is 1. The van der Waals surface area contributed by atoms with E-state index in [0.717, 1.165) is 6.08 Å². The van der Waals surface area contributed by atoms with E-state index in [9.17, 15) is 21.6 Å². The van der Waals surface area contributed by atoms with Gasteiger partial charge >= 0.3 is 0 Å². The van der Waals surface area contributed by atoms with Crippen LogP contribution >= 0.6 is 15.9 Å². The van der Waals surface area contributed by atoms with Crippen LogP contribution in [0.5, 0.6) is 0 Å². The molecule has 10 heteroatoms. The highest BCUT2D eigenvalue weighted by Crippen LogP contribution is 2.24. The summed E-state index contributed by atoms with van der Waals surface area (Å²) in [7, 11) is -8.19. The summed E-state index contributed by atoms with van der Waals surface area (Å²) in [5.74, 6) is -0.583.